The highest BCUT2D eigenvalue weighted by Gasteiger charge is 2.31. The second-order valence-electron chi connectivity index (χ2n) is 3.86. The van der Waals surface area contributed by atoms with E-state index < -0.39 is 19.1 Å². The summed E-state index contributed by atoms with van der Waals surface area (Å²) < 4.78 is 40.5. The highest BCUT2D eigenvalue weighted by atomic mass is 79.9. The van der Waals surface area contributed by atoms with Gasteiger partial charge in [-0.1, -0.05) is 0 Å². The summed E-state index contributed by atoms with van der Waals surface area (Å²) in [5.41, 5.74) is 1.04. The van der Waals surface area contributed by atoms with Crippen molar-refractivity contribution in [3.05, 3.63) is 22.2 Å². The molecule has 3 N–H and O–H groups in total. The lowest BCUT2D eigenvalue weighted by Crippen LogP contribution is -2.23. The first kappa shape index (κ1) is 16.1. The number of benzene rings is 1. The Labute approximate surface area is 116 Å². The molecule has 0 aliphatic carbocycles. The van der Waals surface area contributed by atoms with Gasteiger partial charge in [-0.05, 0) is 40.5 Å². The number of alkyl halides is 3. The Morgan fingerprint density at radius 2 is 2.05 bits per heavy atom. The number of aryl methyl sites for hydroxylation is 1. The van der Waals surface area contributed by atoms with Crippen LogP contribution in [0.2, 0.25) is 0 Å². The van der Waals surface area contributed by atoms with Crippen LogP contribution in [0.5, 0.6) is 5.75 Å². The molecule has 4 nitrogen and oxygen atoms in total. The largest absolute Gasteiger partial charge is 0.573 e. The topological polar surface area (TPSA) is 61.7 Å². The highest BCUT2D eigenvalue weighted by molar-refractivity contribution is 9.10. The number of hydrogen-bond acceptors (Lipinski definition) is 4. The number of aliphatic hydroxyl groups excluding tert-OH is 2. The molecule has 0 aliphatic rings. The first-order valence-electron chi connectivity index (χ1n) is 5.31. The summed E-state index contributed by atoms with van der Waals surface area (Å²) >= 11 is 3.12. The van der Waals surface area contributed by atoms with E-state index in [9.17, 15) is 18.3 Å². The molecule has 8 heteroatoms. The minimum atomic E-state index is -4.74. The molecule has 1 aromatic carbocycles. The van der Waals surface area contributed by atoms with Crippen molar-refractivity contribution in [3.8, 4) is 5.75 Å². The molecule has 1 unspecified atom stereocenters. The predicted octanol–water partition coefficient (Wildman–Crippen LogP) is 2.42. The van der Waals surface area contributed by atoms with E-state index in [1.165, 1.54) is 12.1 Å². The van der Waals surface area contributed by atoms with Crippen molar-refractivity contribution in [2.24, 2.45) is 0 Å². The van der Waals surface area contributed by atoms with Gasteiger partial charge in [-0.15, -0.1) is 13.2 Å². The molecule has 0 heterocycles. The molecular formula is C11H13BrF3NO3. The van der Waals surface area contributed by atoms with Crippen LogP contribution in [0.15, 0.2) is 16.6 Å². The van der Waals surface area contributed by atoms with Crippen LogP contribution in [0.25, 0.3) is 0 Å². The monoisotopic (exact) mass is 343 g/mol. The Morgan fingerprint density at radius 3 is 2.53 bits per heavy atom. The molecule has 0 spiro atoms. The molecule has 108 valence electrons. The quantitative estimate of drug-likeness (QED) is 0.768. The fraction of sp³-hybridized carbons (Fsp3) is 0.455. The number of ether oxygens (including phenoxy) is 1. The Balaban J connectivity index is 2.85. The molecule has 0 radical (unpaired) electrons. The maximum Gasteiger partial charge on any atom is 0.573 e. The van der Waals surface area contributed by atoms with Gasteiger partial charge in [0.25, 0.3) is 0 Å². The zero-order chi connectivity index (χ0) is 14.6. The molecule has 0 bridgehead atoms. The van der Waals surface area contributed by atoms with Crippen LogP contribution in [-0.4, -0.2) is 35.8 Å². The average molecular weight is 344 g/mol. The van der Waals surface area contributed by atoms with Crippen LogP contribution in [-0.2, 0) is 0 Å². The summed E-state index contributed by atoms with van der Waals surface area (Å²) in [6.07, 6.45) is -5.69. The van der Waals surface area contributed by atoms with E-state index in [4.69, 9.17) is 5.11 Å². The molecule has 0 aromatic heterocycles. The number of rotatable bonds is 5. The third-order valence-corrected chi connectivity index (χ3v) is 2.85. The molecule has 0 saturated carbocycles. The van der Waals surface area contributed by atoms with Crippen molar-refractivity contribution in [3.63, 3.8) is 0 Å². The fourth-order valence-electron chi connectivity index (χ4n) is 1.41. The SMILES string of the molecule is Cc1cc(OC(F)(F)F)cc(Br)c1NCC(O)CO. The van der Waals surface area contributed by atoms with Gasteiger partial charge in [0.1, 0.15) is 5.75 Å². The maximum atomic E-state index is 12.1. The van der Waals surface area contributed by atoms with E-state index in [2.05, 4.69) is 26.0 Å². The van der Waals surface area contributed by atoms with Crippen LogP contribution < -0.4 is 10.1 Å². The molecule has 19 heavy (non-hydrogen) atoms. The average Bonchev–Trinajstić information content (AvgIpc) is 2.25. The van der Waals surface area contributed by atoms with Gasteiger partial charge in [0.15, 0.2) is 0 Å². The highest BCUT2D eigenvalue weighted by Crippen LogP contribution is 2.33. The molecule has 0 aliphatic heterocycles. The Hall–Kier alpha value is -0.990. The van der Waals surface area contributed by atoms with Gasteiger partial charge in [-0.3, -0.25) is 0 Å². The maximum absolute atomic E-state index is 12.1. The van der Waals surface area contributed by atoms with Crippen molar-refractivity contribution in [2.45, 2.75) is 19.4 Å². The Bertz CT molecular complexity index is 417. The molecule has 0 amide bonds. The summed E-state index contributed by atoms with van der Waals surface area (Å²) in [4.78, 5) is 0. The van der Waals surface area contributed by atoms with Crippen molar-refractivity contribution >= 4 is 21.6 Å². The lowest BCUT2D eigenvalue weighted by Gasteiger charge is -2.16. The number of halogens is 4. The Morgan fingerprint density at radius 1 is 1.42 bits per heavy atom. The summed E-state index contributed by atoms with van der Waals surface area (Å²) in [7, 11) is 0. The number of anilines is 1. The van der Waals surface area contributed by atoms with Gasteiger partial charge >= 0.3 is 6.36 Å². The molecule has 1 atom stereocenters. The van der Waals surface area contributed by atoms with Crippen LogP contribution >= 0.6 is 15.9 Å². The van der Waals surface area contributed by atoms with Crippen molar-refractivity contribution < 1.29 is 28.1 Å². The smallest absolute Gasteiger partial charge is 0.406 e. The summed E-state index contributed by atoms with van der Waals surface area (Å²) in [5, 5.41) is 20.7. The fourth-order valence-corrected chi connectivity index (χ4v) is 2.09. The zero-order valence-electron chi connectivity index (χ0n) is 9.96. The molecule has 0 fully saturated rings. The number of nitrogens with one attached hydrogen (secondary N) is 1. The molecule has 1 aromatic rings. The molecule has 0 saturated heterocycles. The lowest BCUT2D eigenvalue weighted by molar-refractivity contribution is -0.274. The minimum absolute atomic E-state index is 0.0788. The molecule has 1 rings (SSSR count). The first-order valence-corrected chi connectivity index (χ1v) is 6.11. The Kier molecular flexibility index (Phi) is 5.45. The van der Waals surface area contributed by atoms with Crippen molar-refractivity contribution in [2.75, 3.05) is 18.5 Å². The van der Waals surface area contributed by atoms with Gasteiger partial charge in [0.2, 0.25) is 0 Å². The predicted molar refractivity (Wildman–Crippen MR) is 67.1 cm³/mol. The second-order valence-corrected chi connectivity index (χ2v) is 4.72. The van der Waals surface area contributed by atoms with E-state index in [0.29, 0.717) is 15.7 Å². The zero-order valence-corrected chi connectivity index (χ0v) is 11.5. The summed E-state index contributed by atoms with van der Waals surface area (Å²) in [6.45, 7) is 1.27. The second kappa shape index (κ2) is 6.44. The number of hydrogen-bond donors (Lipinski definition) is 3. The van der Waals surface area contributed by atoms with Crippen LogP contribution in [0.1, 0.15) is 5.56 Å². The van der Waals surface area contributed by atoms with E-state index in [0.717, 1.165) is 0 Å². The van der Waals surface area contributed by atoms with Gasteiger partial charge < -0.3 is 20.3 Å². The van der Waals surface area contributed by atoms with Crippen LogP contribution in [0, 0.1) is 6.92 Å². The minimum Gasteiger partial charge on any atom is -0.406 e. The van der Waals surface area contributed by atoms with E-state index in [1.54, 1.807) is 6.92 Å². The standard InChI is InChI=1S/C11H13BrF3NO3/c1-6-2-8(19-11(13,14)15)3-9(12)10(6)16-4-7(18)5-17/h2-3,7,16-18H,4-5H2,1H3. The number of aliphatic hydroxyl groups is 2. The lowest BCUT2D eigenvalue weighted by atomic mass is 10.2. The normalized spacial score (nSPS) is 13.2. The third kappa shape index (κ3) is 5.25. The van der Waals surface area contributed by atoms with Crippen LogP contribution in [0.3, 0.4) is 0 Å². The first-order chi connectivity index (χ1) is 8.73. The summed E-state index contributed by atoms with van der Waals surface area (Å²) in [6, 6.07) is 2.40. The van der Waals surface area contributed by atoms with E-state index in [-0.39, 0.29) is 12.3 Å². The van der Waals surface area contributed by atoms with Crippen molar-refractivity contribution in [1.82, 2.24) is 0 Å². The van der Waals surface area contributed by atoms with Gasteiger partial charge in [0, 0.05) is 11.0 Å². The van der Waals surface area contributed by atoms with Gasteiger partial charge in [0.05, 0.1) is 18.4 Å². The van der Waals surface area contributed by atoms with Crippen LogP contribution in [0.4, 0.5) is 18.9 Å². The molecular weight excluding hydrogens is 331 g/mol. The van der Waals surface area contributed by atoms with E-state index in [1.807, 2.05) is 0 Å². The third-order valence-electron chi connectivity index (χ3n) is 2.22. The van der Waals surface area contributed by atoms with E-state index >= 15 is 0 Å². The van der Waals surface area contributed by atoms with Crippen molar-refractivity contribution in [1.29, 1.82) is 0 Å². The van der Waals surface area contributed by atoms with Gasteiger partial charge in [-0.25, -0.2) is 0 Å². The van der Waals surface area contributed by atoms with Gasteiger partial charge in [-0.2, -0.15) is 0 Å². The summed E-state index contributed by atoms with van der Waals surface area (Å²) in [5.74, 6) is -0.329.